The Morgan fingerprint density at radius 3 is 2.61 bits per heavy atom. The van der Waals surface area contributed by atoms with E-state index in [1.807, 2.05) is 36.7 Å². The van der Waals surface area contributed by atoms with Crippen molar-refractivity contribution in [1.29, 1.82) is 0 Å². The van der Waals surface area contributed by atoms with Gasteiger partial charge in [0.2, 0.25) is 10.0 Å². The van der Waals surface area contributed by atoms with Crippen molar-refractivity contribution in [3.05, 3.63) is 59.4 Å². The molecular weight excluding hydrogens is 374 g/mol. The second kappa shape index (κ2) is 7.81. The van der Waals surface area contributed by atoms with Crippen molar-refractivity contribution in [1.82, 2.24) is 14.2 Å². The van der Waals surface area contributed by atoms with E-state index in [4.69, 9.17) is 4.74 Å². The molecule has 1 atom stereocenters. The van der Waals surface area contributed by atoms with Gasteiger partial charge in [0.1, 0.15) is 12.4 Å². The predicted octanol–water partition coefficient (Wildman–Crippen LogP) is 2.79. The maximum absolute atomic E-state index is 12.1. The molecule has 150 valence electrons. The van der Waals surface area contributed by atoms with E-state index in [2.05, 4.69) is 22.9 Å². The summed E-state index contributed by atoms with van der Waals surface area (Å²) in [6, 6.07) is 10.6. The molecule has 2 aromatic rings. The highest BCUT2D eigenvalue weighted by molar-refractivity contribution is 7.88. The molecule has 0 spiro atoms. The fraction of sp³-hybridized carbons (Fsp3) is 0.476. The number of ether oxygens (including phenoxy) is 1. The summed E-state index contributed by atoms with van der Waals surface area (Å²) < 4.78 is 32.0. The van der Waals surface area contributed by atoms with Gasteiger partial charge in [-0.15, -0.1) is 0 Å². The lowest BCUT2D eigenvalue weighted by Gasteiger charge is -2.26. The number of rotatable bonds is 6. The Bertz CT molecular complexity index is 929. The van der Waals surface area contributed by atoms with Gasteiger partial charge in [0.05, 0.1) is 6.26 Å². The van der Waals surface area contributed by atoms with Gasteiger partial charge in [0.25, 0.3) is 0 Å². The summed E-state index contributed by atoms with van der Waals surface area (Å²) in [5.74, 6) is 0.894. The SMILES string of the molecule is C[C@H]1COc2ccc(CN(C3CC3)S(C)(=O)=O)cc2CN1Cc1ccncc1. The van der Waals surface area contributed by atoms with Crippen molar-refractivity contribution in [2.75, 3.05) is 12.9 Å². The van der Waals surface area contributed by atoms with Gasteiger partial charge in [-0.2, -0.15) is 4.31 Å². The van der Waals surface area contributed by atoms with E-state index in [1.165, 1.54) is 11.8 Å². The van der Waals surface area contributed by atoms with Gasteiger partial charge in [-0.25, -0.2) is 8.42 Å². The van der Waals surface area contributed by atoms with Crippen LogP contribution < -0.4 is 4.74 Å². The fourth-order valence-corrected chi connectivity index (χ4v) is 4.82. The second-order valence-corrected chi connectivity index (χ2v) is 9.84. The number of sulfonamides is 1. The zero-order chi connectivity index (χ0) is 19.7. The summed E-state index contributed by atoms with van der Waals surface area (Å²) in [5, 5.41) is 0. The van der Waals surface area contributed by atoms with Crippen LogP contribution in [0.2, 0.25) is 0 Å². The molecule has 2 heterocycles. The molecule has 6 nitrogen and oxygen atoms in total. The Kier molecular flexibility index (Phi) is 5.40. The van der Waals surface area contributed by atoms with Gasteiger partial charge >= 0.3 is 0 Å². The Morgan fingerprint density at radius 2 is 1.93 bits per heavy atom. The van der Waals surface area contributed by atoms with Crippen LogP contribution in [0.25, 0.3) is 0 Å². The molecule has 0 N–H and O–H groups in total. The molecule has 1 aliphatic carbocycles. The van der Waals surface area contributed by atoms with E-state index in [0.717, 1.165) is 42.8 Å². The standard InChI is InChI=1S/C21H27N3O3S/c1-16-15-27-21-6-3-18(13-24(20-4-5-20)28(2,25)26)11-19(21)14-23(16)12-17-7-9-22-10-8-17/h3,6-11,16,20H,4-5,12-15H2,1-2H3/t16-/m0/s1. The van der Waals surface area contributed by atoms with E-state index in [0.29, 0.717) is 13.2 Å². The number of fused-ring (bicyclic) bond motifs is 1. The lowest BCUT2D eigenvalue weighted by Crippen LogP contribution is -2.34. The van der Waals surface area contributed by atoms with E-state index in [-0.39, 0.29) is 12.1 Å². The first-order chi connectivity index (χ1) is 13.4. The summed E-state index contributed by atoms with van der Waals surface area (Å²) in [6.07, 6.45) is 6.85. The molecule has 1 aromatic carbocycles. The Hall–Kier alpha value is -1.96. The molecule has 2 aliphatic rings. The average Bonchev–Trinajstić information content (AvgIpc) is 3.49. The third kappa shape index (κ3) is 4.54. The molecule has 7 heteroatoms. The van der Waals surface area contributed by atoms with Gasteiger partial charge in [0, 0.05) is 49.7 Å². The van der Waals surface area contributed by atoms with Crippen molar-refractivity contribution in [2.24, 2.45) is 0 Å². The van der Waals surface area contributed by atoms with Crippen LogP contribution in [0.4, 0.5) is 0 Å². The van der Waals surface area contributed by atoms with Crippen LogP contribution in [-0.4, -0.2) is 47.6 Å². The number of aromatic nitrogens is 1. The number of nitrogens with zero attached hydrogens (tertiary/aromatic N) is 3. The van der Waals surface area contributed by atoms with Crippen LogP contribution in [0.5, 0.6) is 5.75 Å². The summed E-state index contributed by atoms with van der Waals surface area (Å²) >= 11 is 0. The van der Waals surface area contributed by atoms with Crippen molar-refractivity contribution < 1.29 is 13.2 Å². The first-order valence-electron chi connectivity index (χ1n) is 9.74. The van der Waals surface area contributed by atoms with Crippen LogP contribution in [-0.2, 0) is 29.7 Å². The highest BCUT2D eigenvalue weighted by atomic mass is 32.2. The first kappa shape index (κ1) is 19.4. The largest absolute Gasteiger partial charge is 0.492 e. The maximum Gasteiger partial charge on any atom is 0.211 e. The molecule has 1 fully saturated rings. The van der Waals surface area contributed by atoms with Crippen LogP contribution in [0.15, 0.2) is 42.7 Å². The van der Waals surface area contributed by atoms with Crippen molar-refractivity contribution in [3.8, 4) is 5.75 Å². The lowest BCUT2D eigenvalue weighted by molar-refractivity contribution is 0.151. The summed E-state index contributed by atoms with van der Waals surface area (Å²) in [7, 11) is -3.20. The Balaban J connectivity index is 1.55. The lowest BCUT2D eigenvalue weighted by atomic mass is 10.1. The highest BCUT2D eigenvalue weighted by Gasteiger charge is 2.35. The van der Waals surface area contributed by atoms with E-state index < -0.39 is 10.0 Å². The van der Waals surface area contributed by atoms with Crippen molar-refractivity contribution >= 4 is 10.0 Å². The number of benzene rings is 1. The quantitative estimate of drug-likeness (QED) is 0.745. The molecule has 1 aromatic heterocycles. The summed E-state index contributed by atoms with van der Waals surface area (Å²) in [5.41, 5.74) is 3.34. The van der Waals surface area contributed by atoms with Gasteiger partial charge in [0.15, 0.2) is 0 Å². The molecule has 0 unspecified atom stereocenters. The Morgan fingerprint density at radius 1 is 1.18 bits per heavy atom. The minimum absolute atomic E-state index is 0.160. The van der Waals surface area contributed by atoms with Crippen LogP contribution in [0, 0.1) is 0 Å². The monoisotopic (exact) mass is 401 g/mol. The second-order valence-electron chi connectivity index (χ2n) is 7.90. The van der Waals surface area contributed by atoms with Gasteiger partial charge in [-0.3, -0.25) is 9.88 Å². The maximum atomic E-state index is 12.1. The molecule has 0 bridgehead atoms. The summed E-state index contributed by atoms with van der Waals surface area (Å²) in [6.45, 7) is 4.83. The molecule has 0 amide bonds. The molecular formula is C21H27N3O3S. The molecule has 4 rings (SSSR count). The normalized spacial score (nSPS) is 20.5. The molecule has 1 aliphatic heterocycles. The smallest absolute Gasteiger partial charge is 0.211 e. The van der Waals surface area contributed by atoms with Crippen LogP contribution in [0.1, 0.15) is 36.5 Å². The Labute approximate surface area is 167 Å². The van der Waals surface area contributed by atoms with Crippen molar-refractivity contribution in [2.45, 2.75) is 51.5 Å². The third-order valence-electron chi connectivity index (χ3n) is 5.46. The van der Waals surface area contributed by atoms with Crippen LogP contribution >= 0.6 is 0 Å². The van der Waals surface area contributed by atoms with Gasteiger partial charge in [-0.1, -0.05) is 6.07 Å². The van der Waals surface area contributed by atoms with Crippen molar-refractivity contribution in [3.63, 3.8) is 0 Å². The van der Waals surface area contributed by atoms with E-state index >= 15 is 0 Å². The van der Waals surface area contributed by atoms with Gasteiger partial charge in [-0.05, 0) is 55.2 Å². The molecule has 0 radical (unpaired) electrons. The molecule has 1 saturated carbocycles. The third-order valence-corrected chi connectivity index (χ3v) is 6.73. The summed E-state index contributed by atoms with van der Waals surface area (Å²) in [4.78, 5) is 6.48. The zero-order valence-corrected chi connectivity index (χ0v) is 17.2. The predicted molar refractivity (Wildman–Crippen MR) is 108 cm³/mol. The first-order valence-corrected chi connectivity index (χ1v) is 11.6. The number of hydrogen-bond acceptors (Lipinski definition) is 5. The molecule has 0 saturated heterocycles. The van der Waals surface area contributed by atoms with E-state index in [1.54, 1.807) is 4.31 Å². The fourth-order valence-electron chi connectivity index (χ4n) is 3.68. The zero-order valence-electron chi connectivity index (χ0n) is 16.4. The topological polar surface area (TPSA) is 62.7 Å². The minimum Gasteiger partial charge on any atom is -0.492 e. The van der Waals surface area contributed by atoms with E-state index in [9.17, 15) is 8.42 Å². The highest BCUT2D eigenvalue weighted by Crippen LogP contribution is 2.32. The van der Waals surface area contributed by atoms with Gasteiger partial charge < -0.3 is 4.74 Å². The minimum atomic E-state index is -3.20. The average molecular weight is 402 g/mol. The number of hydrogen-bond donors (Lipinski definition) is 0. The van der Waals surface area contributed by atoms with Crippen LogP contribution in [0.3, 0.4) is 0 Å². The number of pyridine rings is 1. The molecule has 28 heavy (non-hydrogen) atoms.